The van der Waals surface area contributed by atoms with Crippen molar-refractivity contribution in [2.75, 3.05) is 0 Å². The molecular weight excluding hydrogens is 267 g/mol. The molecule has 0 saturated heterocycles. The molecule has 0 aromatic carbocycles. The smallest absolute Gasteiger partial charge is 0.269 e. The number of H-pyrrole nitrogens is 1. The molecule has 1 aromatic heterocycles. The molecule has 0 aliphatic heterocycles. The Labute approximate surface area is 86.0 Å². The molecule has 0 atom stereocenters. The summed E-state index contributed by atoms with van der Waals surface area (Å²) in [6.45, 7) is 0. The van der Waals surface area contributed by atoms with Gasteiger partial charge in [-0.1, -0.05) is 0 Å². The van der Waals surface area contributed by atoms with Crippen molar-refractivity contribution < 1.29 is 8.78 Å². The standard InChI is InChI=1S/C7H5BrClF2NO/c8-5-1-4(13)6(7(10)11)3(2-9)12-5/h1,7H,2H2,(H,12,13). The van der Waals surface area contributed by atoms with Crippen LogP contribution in [0.5, 0.6) is 0 Å². The molecule has 2 nitrogen and oxygen atoms in total. The number of hydrogen-bond donors (Lipinski definition) is 1. The first-order valence-electron chi connectivity index (χ1n) is 3.32. The fourth-order valence-electron chi connectivity index (χ4n) is 0.934. The Kier molecular flexibility index (Phi) is 3.44. The molecule has 72 valence electrons. The molecule has 0 bridgehead atoms. The van der Waals surface area contributed by atoms with Crippen molar-refractivity contribution in [3.8, 4) is 0 Å². The van der Waals surface area contributed by atoms with Crippen LogP contribution in [0.3, 0.4) is 0 Å². The normalized spacial score (nSPS) is 10.8. The number of rotatable bonds is 2. The van der Waals surface area contributed by atoms with E-state index in [0.717, 1.165) is 6.07 Å². The van der Waals surface area contributed by atoms with Gasteiger partial charge in [-0.3, -0.25) is 4.79 Å². The van der Waals surface area contributed by atoms with Crippen LogP contribution in [0, 0.1) is 0 Å². The predicted octanol–water partition coefficient (Wildman–Crippen LogP) is 2.81. The zero-order valence-electron chi connectivity index (χ0n) is 6.28. The Balaban J connectivity index is 3.39. The quantitative estimate of drug-likeness (QED) is 0.652. The zero-order valence-corrected chi connectivity index (χ0v) is 8.62. The maximum Gasteiger partial charge on any atom is 0.269 e. The lowest BCUT2D eigenvalue weighted by molar-refractivity contribution is 0.148. The Bertz CT molecular complexity index is 366. The van der Waals surface area contributed by atoms with Crippen LogP contribution in [0.4, 0.5) is 8.78 Å². The fourth-order valence-corrected chi connectivity index (χ4v) is 1.59. The second kappa shape index (κ2) is 4.19. The highest BCUT2D eigenvalue weighted by atomic mass is 79.9. The van der Waals surface area contributed by atoms with Crippen LogP contribution in [0.1, 0.15) is 17.7 Å². The lowest BCUT2D eigenvalue weighted by atomic mass is 10.2. The van der Waals surface area contributed by atoms with Gasteiger partial charge in [-0.15, -0.1) is 11.6 Å². The fraction of sp³-hybridized carbons (Fsp3) is 0.286. The van der Waals surface area contributed by atoms with E-state index < -0.39 is 17.4 Å². The molecule has 6 heteroatoms. The Hall–Kier alpha value is -0.420. The first-order chi connectivity index (χ1) is 6.06. The molecule has 0 unspecified atom stereocenters. The Morgan fingerprint density at radius 3 is 2.69 bits per heavy atom. The van der Waals surface area contributed by atoms with Gasteiger partial charge in [-0.2, -0.15) is 0 Å². The summed E-state index contributed by atoms with van der Waals surface area (Å²) in [6.07, 6.45) is -2.80. The maximum absolute atomic E-state index is 12.3. The molecule has 1 rings (SSSR count). The minimum atomic E-state index is -2.80. The first kappa shape index (κ1) is 10.7. The summed E-state index contributed by atoms with van der Waals surface area (Å²) in [5.74, 6) is -0.144. The van der Waals surface area contributed by atoms with E-state index in [0.29, 0.717) is 4.60 Å². The van der Waals surface area contributed by atoms with E-state index in [4.69, 9.17) is 11.6 Å². The summed E-state index contributed by atoms with van der Waals surface area (Å²) < 4.78 is 25.0. The Morgan fingerprint density at radius 1 is 1.62 bits per heavy atom. The van der Waals surface area contributed by atoms with Gasteiger partial charge in [0.2, 0.25) is 0 Å². The van der Waals surface area contributed by atoms with Crippen LogP contribution in [-0.4, -0.2) is 4.98 Å². The van der Waals surface area contributed by atoms with Crippen LogP contribution >= 0.6 is 27.5 Å². The number of alkyl halides is 3. The number of halogens is 4. The van der Waals surface area contributed by atoms with Crippen molar-refractivity contribution in [3.63, 3.8) is 0 Å². The molecule has 0 amide bonds. The molecule has 13 heavy (non-hydrogen) atoms. The number of aromatic amines is 1. The highest BCUT2D eigenvalue weighted by Crippen LogP contribution is 2.20. The molecule has 0 radical (unpaired) electrons. The summed E-state index contributed by atoms with van der Waals surface area (Å²) in [5, 5.41) is 0. The van der Waals surface area contributed by atoms with Gasteiger partial charge in [0.05, 0.1) is 16.0 Å². The molecule has 1 aromatic rings. The number of hydrogen-bond acceptors (Lipinski definition) is 1. The van der Waals surface area contributed by atoms with Gasteiger partial charge in [0.25, 0.3) is 6.43 Å². The molecule has 0 fully saturated rings. The predicted molar refractivity (Wildman–Crippen MR) is 49.3 cm³/mol. The van der Waals surface area contributed by atoms with Crippen molar-refractivity contribution in [1.29, 1.82) is 0 Å². The van der Waals surface area contributed by atoms with E-state index in [1.807, 2.05) is 0 Å². The highest BCUT2D eigenvalue weighted by Gasteiger charge is 2.17. The Morgan fingerprint density at radius 2 is 2.23 bits per heavy atom. The molecule has 0 saturated carbocycles. The van der Waals surface area contributed by atoms with Crippen molar-refractivity contribution in [3.05, 3.63) is 32.2 Å². The second-order valence-corrected chi connectivity index (χ2v) is 3.43. The molecule has 1 N–H and O–H groups in total. The van der Waals surface area contributed by atoms with Crippen molar-refractivity contribution in [2.45, 2.75) is 12.3 Å². The summed E-state index contributed by atoms with van der Waals surface area (Å²) in [4.78, 5) is 13.6. The van der Waals surface area contributed by atoms with Gasteiger partial charge in [0, 0.05) is 11.8 Å². The summed E-state index contributed by atoms with van der Waals surface area (Å²) in [5.41, 5.74) is -1.22. The molecule has 1 heterocycles. The van der Waals surface area contributed by atoms with Crippen LogP contribution in [0.15, 0.2) is 15.5 Å². The number of aromatic nitrogens is 1. The molecule has 0 aliphatic rings. The van der Waals surface area contributed by atoms with Gasteiger partial charge in [0.1, 0.15) is 0 Å². The van der Waals surface area contributed by atoms with Gasteiger partial charge in [0.15, 0.2) is 5.43 Å². The van der Waals surface area contributed by atoms with Crippen molar-refractivity contribution >= 4 is 27.5 Å². The van der Waals surface area contributed by atoms with E-state index in [9.17, 15) is 13.6 Å². The SMILES string of the molecule is O=c1cc(Br)[nH]c(CCl)c1C(F)F. The van der Waals surface area contributed by atoms with Crippen molar-refractivity contribution in [1.82, 2.24) is 4.98 Å². The average Bonchev–Trinajstić information content (AvgIpc) is 2.01. The number of nitrogens with one attached hydrogen (secondary N) is 1. The van der Waals surface area contributed by atoms with Crippen LogP contribution in [0.25, 0.3) is 0 Å². The topological polar surface area (TPSA) is 32.9 Å². The lowest BCUT2D eigenvalue weighted by Crippen LogP contribution is -2.13. The summed E-state index contributed by atoms with van der Waals surface area (Å²) in [6, 6.07) is 1.05. The maximum atomic E-state index is 12.3. The highest BCUT2D eigenvalue weighted by molar-refractivity contribution is 9.10. The lowest BCUT2D eigenvalue weighted by Gasteiger charge is -2.05. The molecular formula is C7H5BrClF2NO. The van der Waals surface area contributed by atoms with E-state index in [1.54, 1.807) is 0 Å². The third-order valence-electron chi connectivity index (χ3n) is 1.47. The third-order valence-corrected chi connectivity index (χ3v) is 2.16. The third kappa shape index (κ3) is 2.28. The summed E-state index contributed by atoms with van der Waals surface area (Å²) >= 11 is 8.37. The summed E-state index contributed by atoms with van der Waals surface area (Å²) in [7, 11) is 0. The van der Waals surface area contributed by atoms with E-state index >= 15 is 0 Å². The first-order valence-corrected chi connectivity index (χ1v) is 4.64. The minimum absolute atomic E-state index is 0.0519. The zero-order chi connectivity index (χ0) is 10.0. The molecule has 0 spiro atoms. The van der Waals surface area contributed by atoms with Crippen LogP contribution in [0.2, 0.25) is 0 Å². The van der Waals surface area contributed by atoms with Crippen molar-refractivity contribution in [2.24, 2.45) is 0 Å². The monoisotopic (exact) mass is 271 g/mol. The van der Waals surface area contributed by atoms with Gasteiger partial charge in [-0.05, 0) is 15.9 Å². The molecule has 0 aliphatic carbocycles. The van der Waals surface area contributed by atoms with E-state index in [2.05, 4.69) is 20.9 Å². The average molecular weight is 272 g/mol. The van der Waals surface area contributed by atoms with Crippen LogP contribution in [-0.2, 0) is 5.88 Å². The van der Waals surface area contributed by atoms with E-state index in [1.165, 1.54) is 0 Å². The minimum Gasteiger partial charge on any atom is -0.352 e. The van der Waals surface area contributed by atoms with Gasteiger partial charge < -0.3 is 4.98 Å². The van der Waals surface area contributed by atoms with E-state index in [-0.39, 0.29) is 11.6 Å². The largest absolute Gasteiger partial charge is 0.352 e. The van der Waals surface area contributed by atoms with Gasteiger partial charge in [-0.25, -0.2) is 8.78 Å². The van der Waals surface area contributed by atoms with Crippen LogP contribution < -0.4 is 5.43 Å². The number of pyridine rings is 1. The second-order valence-electron chi connectivity index (χ2n) is 2.31. The van der Waals surface area contributed by atoms with Gasteiger partial charge >= 0.3 is 0 Å².